The lowest BCUT2D eigenvalue weighted by Gasteiger charge is -2.25. The number of thiophene rings is 1. The first-order valence-corrected chi connectivity index (χ1v) is 10.6. The van der Waals surface area contributed by atoms with Crippen LogP contribution in [0.2, 0.25) is 0 Å². The Morgan fingerprint density at radius 3 is 2.33 bits per heavy atom. The van der Waals surface area contributed by atoms with E-state index < -0.39 is 10.0 Å². The van der Waals surface area contributed by atoms with Gasteiger partial charge in [-0.3, -0.25) is 4.31 Å². The number of methoxy groups -OCH3 is 2. The van der Waals surface area contributed by atoms with Crippen molar-refractivity contribution in [1.82, 2.24) is 0 Å². The summed E-state index contributed by atoms with van der Waals surface area (Å²) in [6.07, 6.45) is 0. The molecule has 0 saturated carbocycles. The smallest absolute Gasteiger partial charge is 0.268 e. The molecular formula is C20H21NO4S2. The number of hydrogen-bond acceptors (Lipinski definition) is 5. The zero-order valence-corrected chi connectivity index (χ0v) is 17.0. The minimum atomic E-state index is -3.84. The van der Waals surface area contributed by atoms with E-state index in [1.54, 1.807) is 43.5 Å². The van der Waals surface area contributed by atoms with Gasteiger partial charge in [0.2, 0.25) is 0 Å². The lowest BCUT2D eigenvalue weighted by Crippen LogP contribution is -2.30. The van der Waals surface area contributed by atoms with E-state index in [4.69, 9.17) is 9.47 Å². The van der Waals surface area contributed by atoms with Gasteiger partial charge in [0.1, 0.15) is 16.4 Å². The molecule has 0 spiro atoms. The SMILES string of the molecule is COc1ccc(N(Cc2cccs2)S(=O)(=O)c2cc(C)ccc2OC)cc1. The fourth-order valence-electron chi connectivity index (χ4n) is 2.71. The number of sulfonamides is 1. The molecular weight excluding hydrogens is 382 g/mol. The molecule has 0 saturated heterocycles. The lowest BCUT2D eigenvalue weighted by atomic mass is 10.2. The Balaban J connectivity index is 2.12. The summed E-state index contributed by atoms with van der Waals surface area (Å²) in [4.78, 5) is 1.10. The monoisotopic (exact) mass is 403 g/mol. The number of benzene rings is 2. The van der Waals surface area contributed by atoms with E-state index >= 15 is 0 Å². The quantitative estimate of drug-likeness (QED) is 0.584. The Kier molecular flexibility index (Phi) is 5.72. The summed E-state index contributed by atoms with van der Waals surface area (Å²) >= 11 is 1.52. The van der Waals surface area contributed by atoms with Crippen LogP contribution < -0.4 is 13.8 Å². The van der Waals surface area contributed by atoms with E-state index in [0.717, 1.165) is 10.4 Å². The van der Waals surface area contributed by atoms with Gasteiger partial charge in [0.15, 0.2) is 0 Å². The van der Waals surface area contributed by atoms with Gasteiger partial charge in [0, 0.05) is 4.88 Å². The zero-order valence-electron chi connectivity index (χ0n) is 15.4. The van der Waals surface area contributed by atoms with E-state index in [1.165, 1.54) is 22.8 Å². The van der Waals surface area contributed by atoms with Crippen molar-refractivity contribution in [2.75, 3.05) is 18.5 Å². The van der Waals surface area contributed by atoms with Gasteiger partial charge in [0.05, 0.1) is 26.5 Å². The molecule has 142 valence electrons. The second kappa shape index (κ2) is 8.02. The maximum Gasteiger partial charge on any atom is 0.268 e. The summed E-state index contributed by atoms with van der Waals surface area (Å²) in [6.45, 7) is 2.10. The molecule has 0 bridgehead atoms. The van der Waals surface area contributed by atoms with Crippen LogP contribution in [-0.4, -0.2) is 22.6 Å². The third-order valence-electron chi connectivity index (χ3n) is 4.13. The second-order valence-electron chi connectivity index (χ2n) is 5.94. The third-order valence-corrected chi connectivity index (χ3v) is 6.78. The minimum absolute atomic E-state index is 0.150. The van der Waals surface area contributed by atoms with E-state index in [1.807, 2.05) is 30.5 Å². The molecule has 27 heavy (non-hydrogen) atoms. The Bertz CT molecular complexity index is 997. The van der Waals surface area contributed by atoms with Gasteiger partial charge in [0.25, 0.3) is 10.0 Å². The van der Waals surface area contributed by atoms with Gasteiger partial charge in [-0.2, -0.15) is 0 Å². The highest BCUT2D eigenvalue weighted by Crippen LogP contribution is 2.33. The van der Waals surface area contributed by atoms with Crippen LogP contribution in [0.1, 0.15) is 10.4 Å². The predicted octanol–water partition coefficient (Wildman–Crippen LogP) is 4.47. The van der Waals surface area contributed by atoms with Crippen molar-refractivity contribution in [1.29, 1.82) is 0 Å². The van der Waals surface area contributed by atoms with E-state index in [2.05, 4.69) is 0 Å². The molecule has 3 aromatic rings. The molecule has 1 aromatic heterocycles. The Morgan fingerprint density at radius 1 is 1.00 bits per heavy atom. The van der Waals surface area contributed by atoms with Gasteiger partial charge < -0.3 is 9.47 Å². The maximum atomic E-state index is 13.6. The molecule has 7 heteroatoms. The normalized spacial score (nSPS) is 11.2. The first kappa shape index (κ1) is 19.3. The van der Waals surface area contributed by atoms with E-state index in [0.29, 0.717) is 17.2 Å². The number of anilines is 1. The molecule has 0 amide bonds. The molecule has 0 fully saturated rings. The fourth-order valence-corrected chi connectivity index (χ4v) is 5.17. The summed E-state index contributed by atoms with van der Waals surface area (Å²) in [5.74, 6) is 0.991. The summed E-state index contributed by atoms with van der Waals surface area (Å²) in [5.41, 5.74) is 1.41. The highest BCUT2D eigenvalue weighted by atomic mass is 32.2. The Morgan fingerprint density at radius 2 is 1.74 bits per heavy atom. The number of nitrogens with zero attached hydrogens (tertiary/aromatic N) is 1. The van der Waals surface area contributed by atoms with Crippen LogP contribution in [0, 0.1) is 6.92 Å². The van der Waals surface area contributed by atoms with Crippen molar-refractivity contribution in [2.24, 2.45) is 0 Å². The molecule has 1 heterocycles. The van der Waals surface area contributed by atoms with Crippen molar-refractivity contribution in [3.8, 4) is 11.5 Å². The van der Waals surface area contributed by atoms with E-state index in [-0.39, 0.29) is 11.4 Å². The number of rotatable bonds is 7. The van der Waals surface area contributed by atoms with Gasteiger partial charge in [-0.25, -0.2) is 8.42 Å². The summed E-state index contributed by atoms with van der Waals surface area (Å²) in [5, 5.41) is 1.93. The van der Waals surface area contributed by atoms with Crippen LogP contribution in [-0.2, 0) is 16.6 Å². The first-order valence-electron chi connectivity index (χ1n) is 8.29. The van der Waals surface area contributed by atoms with Crippen LogP contribution in [0.4, 0.5) is 5.69 Å². The van der Waals surface area contributed by atoms with Crippen molar-refractivity contribution >= 4 is 27.0 Å². The van der Waals surface area contributed by atoms with Gasteiger partial charge in [-0.15, -0.1) is 11.3 Å². The number of ether oxygens (including phenoxy) is 2. The highest BCUT2D eigenvalue weighted by Gasteiger charge is 2.29. The molecule has 0 atom stereocenters. The predicted molar refractivity (Wildman–Crippen MR) is 108 cm³/mol. The molecule has 0 aliphatic carbocycles. The molecule has 5 nitrogen and oxygen atoms in total. The molecule has 3 rings (SSSR count). The molecule has 0 radical (unpaired) electrons. The average Bonchev–Trinajstić information content (AvgIpc) is 3.19. The molecule has 2 aromatic carbocycles. The fraction of sp³-hybridized carbons (Fsp3) is 0.200. The standard InChI is InChI=1S/C20H21NO4S2/c1-15-6-11-19(25-3)20(13-15)27(22,23)21(14-18-5-4-12-26-18)16-7-9-17(24-2)10-8-16/h4-13H,14H2,1-3H3. The van der Waals surface area contributed by atoms with Crippen molar-refractivity contribution < 1.29 is 17.9 Å². The molecule has 0 unspecified atom stereocenters. The van der Waals surface area contributed by atoms with Crippen molar-refractivity contribution in [3.05, 3.63) is 70.4 Å². The minimum Gasteiger partial charge on any atom is -0.497 e. The number of aryl methyl sites for hydroxylation is 1. The number of hydrogen-bond donors (Lipinski definition) is 0. The lowest BCUT2D eigenvalue weighted by molar-refractivity contribution is 0.402. The van der Waals surface area contributed by atoms with Crippen LogP contribution in [0.15, 0.2) is 64.9 Å². The third kappa shape index (κ3) is 4.09. The topological polar surface area (TPSA) is 55.8 Å². The highest BCUT2D eigenvalue weighted by molar-refractivity contribution is 7.93. The summed E-state index contributed by atoms with van der Waals surface area (Å²) in [6, 6.07) is 16.0. The van der Waals surface area contributed by atoms with Crippen LogP contribution in [0.3, 0.4) is 0 Å². The summed E-state index contributed by atoms with van der Waals surface area (Å²) < 4.78 is 39.0. The van der Waals surface area contributed by atoms with Crippen LogP contribution >= 0.6 is 11.3 Å². The van der Waals surface area contributed by atoms with Crippen LogP contribution in [0.5, 0.6) is 11.5 Å². The van der Waals surface area contributed by atoms with Crippen molar-refractivity contribution in [3.63, 3.8) is 0 Å². The zero-order chi connectivity index (χ0) is 19.4. The van der Waals surface area contributed by atoms with Gasteiger partial charge >= 0.3 is 0 Å². The van der Waals surface area contributed by atoms with Crippen LogP contribution in [0.25, 0.3) is 0 Å². The second-order valence-corrected chi connectivity index (χ2v) is 8.81. The Hall–Kier alpha value is -2.51. The Labute approximate surface area is 163 Å². The van der Waals surface area contributed by atoms with E-state index in [9.17, 15) is 8.42 Å². The largest absolute Gasteiger partial charge is 0.497 e. The first-order chi connectivity index (χ1) is 13.0. The molecule has 0 aliphatic heterocycles. The molecule has 0 N–H and O–H groups in total. The van der Waals surface area contributed by atoms with Crippen molar-refractivity contribution in [2.45, 2.75) is 18.4 Å². The maximum absolute atomic E-state index is 13.6. The molecule has 0 aliphatic rings. The average molecular weight is 404 g/mol. The van der Waals surface area contributed by atoms with Gasteiger partial charge in [-0.05, 0) is 60.3 Å². The summed E-state index contributed by atoms with van der Waals surface area (Å²) in [7, 11) is -0.792. The van der Waals surface area contributed by atoms with Gasteiger partial charge in [-0.1, -0.05) is 12.1 Å².